The number of thiophene rings is 1. The van der Waals surface area contributed by atoms with Crippen LogP contribution in [0.5, 0.6) is 5.75 Å². The number of fused-ring (bicyclic) bond motifs is 1. The van der Waals surface area contributed by atoms with E-state index in [4.69, 9.17) is 4.74 Å². The second kappa shape index (κ2) is 5.93. The van der Waals surface area contributed by atoms with E-state index in [9.17, 15) is 4.79 Å². The first-order chi connectivity index (χ1) is 10.3. The molecule has 2 heterocycles. The molecule has 21 heavy (non-hydrogen) atoms. The Labute approximate surface area is 126 Å². The van der Waals surface area contributed by atoms with Gasteiger partial charge in [0.2, 0.25) is 0 Å². The molecule has 0 saturated carbocycles. The number of methoxy groups -OCH3 is 1. The third-order valence-corrected chi connectivity index (χ3v) is 4.01. The van der Waals surface area contributed by atoms with E-state index in [1.807, 2.05) is 41.8 Å². The summed E-state index contributed by atoms with van der Waals surface area (Å²) < 4.78 is 5.17. The van der Waals surface area contributed by atoms with Crippen molar-refractivity contribution in [2.75, 3.05) is 7.11 Å². The van der Waals surface area contributed by atoms with Gasteiger partial charge in [-0.3, -0.25) is 4.79 Å². The Morgan fingerprint density at radius 3 is 2.95 bits per heavy atom. The number of carbonyl (C=O) groups excluding carboxylic acids is 1. The number of nitrogens with zero attached hydrogens (tertiary/aromatic N) is 1. The van der Waals surface area contributed by atoms with E-state index in [1.54, 1.807) is 24.5 Å². The number of hydrogen-bond donors (Lipinski definition) is 1. The zero-order valence-corrected chi connectivity index (χ0v) is 12.3. The molecule has 2 aromatic heterocycles. The Morgan fingerprint density at radius 2 is 2.19 bits per heavy atom. The number of pyridine rings is 1. The predicted molar refractivity (Wildman–Crippen MR) is 83.8 cm³/mol. The highest BCUT2D eigenvalue weighted by Gasteiger charge is 2.08. The molecule has 3 rings (SSSR count). The number of carbonyl (C=O) groups is 1. The van der Waals surface area contributed by atoms with Crippen molar-refractivity contribution in [2.24, 2.45) is 0 Å². The smallest absolute Gasteiger partial charge is 0.270 e. The van der Waals surface area contributed by atoms with Crippen molar-refractivity contribution < 1.29 is 9.53 Å². The van der Waals surface area contributed by atoms with E-state index >= 15 is 0 Å². The summed E-state index contributed by atoms with van der Waals surface area (Å²) in [5.74, 6) is 0.611. The lowest BCUT2D eigenvalue weighted by molar-refractivity contribution is 0.0946. The first-order valence-electron chi connectivity index (χ1n) is 6.51. The van der Waals surface area contributed by atoms with Gasteiger partial charge in [0.25, 0.3) is 5.91 Å². The fourth-order valence-electron chi connectivity index (χ4n) is 2.03. The Bertz CT molecular complexity index is 769. The molecule has 0 bridgehead atoms. The van der Waals surface area contributed by atoms with E-state index in [0.29, 0.717) is 12.2 Å². The summed E-state index contributed by atoms with van der Waals surface area (Å²) in [6.07, 6.45) is 0. The van der Waals surface area contributed by atoms with Gasteiger partial charge in [0.15, 0.2) is 0 Å². The number of aromatic nitrogens is 1. The van der Waals surface area contributed by atoms with Gasteiger partial charge in [-0.2, -0.15) is 0 Å². The maximum atomic E-state index is 12.1. The molecule has 0 aliphatic heterocycles. The lowest BCUT2D eigenvalue weighted by Crippen LogP contribution is -2.23. The summed E-state index contributed by atoms with van der Waals surface area (Å²) in [5.41, 5.74) is 1.20. The number of rotatable bonds is 4. The third-order valence-electron chi connectivity index (χ3n) is 3.13. The van der Waals surface area contributed by atoms with Crippen LogP contribution < -0.4 is 10.1 Å². The van der Waals surface area contributed by atoms with Gasteiger partial charge in [-0.1, -0.05) is 12.1 Å². The summed E-state index contributed by atoms with van der Waals surface area (Å²) >= 11 is 1.62. The number of ether oxygens (including phenoxy) is 1. The second-order valence-electron chi connectivity index (χ2n) is 4.52. The molecule has 1 aromatic carbocycles. The van der Waals surface area contributed by atoms with E-state index in [2.05, 4.69) is 10.3 Å². The van der Waals surface area contributed by atoms with Crippen LogP contribution in [0.3, 0.4) is 0 Å². The maximum absolute atomic E-state index is 12.1. The second-order valence-corrected chi connectivity index (χ2v) is 5.55. The minimum atomic E-state index is -0.166. The zero-order valence-electron chi connectivity index (χ0n) is 11.5. The van der Waals surface area contributed by atoms with Crippen LogP contribution in [-0.2, 0) is 6.54 Å². The van der Waals surface area contributed by atoms with Crippen molar-refractivity contribution in [2.45, 2.75) is 6.54 Å². The molecular weight excluding hydrogens is 284 g/mol. The fraction of sp³-hybridized carbons (Fsp3) is 0.125. The Balaban J connectivity index is 1.78. The van der Waals surface area contributed by atoms with Crippen LogP contribution in [-0.4, -0.2) is 18.0 Å². The first kappa shape index (κ1) is 13.6. The molecule has 106 valence electrons. The average Bonchev–Trinajstić information content (AvgIpc) is 3.05. The van der Waals surface area contributed by atoms with Crippen molar-refractivity contribution >= 4 is 28.1 Å². The topological polar surface area (TPSA) is 51.2 Å². The molecule has 0 unspecified atom stereocenters. The molecule has 0 saturated heterocycles. The highest BCUT2D eigenvalue weighted by atomic mass is 32.1. The van der Waals surface area contributed by atoms with Crippen molar-refractivity contribution in [3.8, 4) is 5.75 Å². The standard InChI is InChI=1S/C16H14N2O2S/c1-20-12-5-7-14-11(9-12)4-6-15(18-14)16(19)17-10-13-3-2-8-21-13/h2-9H,10H2,1H3,(H,17,19). The molecule has 4 nitrogen and oxygen atoms in total. The lowest BCUT2D eigenvalue weighted by Gasteiger charge is -2.06. The third kappa shape index (κ3) is 3.03. The summed E-state index contributed by atoms with van der Waals surface area (Å²) in [6, 6.07) is 13.2. The molecule has 5 heteroatoms. The van der Waals surface area contributed by atoms with Crippen LogP contribution in [0, 0.1) is 0 Å². The van der Waals surface area contributed by atoms with Crippen LogP contribution in [0.4, 0.5) is 0 Å². The van der Waals surface area contributed by atoms with Crippen molar-refractivity contribution in [3.63, 3.8) is 0 Å². The number of hydrogen-bond acceptors (Lipinski definition) is 4. The largest absolute Gasteiger partial charge is 0.497 e. The Kier molecular flexibility index (Phi) is 3.83. The normalized spacial score (nSPS) is 10.5. The maximum Gasteiger partial charge on any atom is 0.270 e. The summed E-state index contributed by atoms with van der Waals surface area (Å²) in [7, 11) is 1.63. The number of amides is 1. The van der Waals surface area contributed by atoms with Gasteiger partial charge in [0.05, 0.1) is 19.2 Å². The van der Waals surface area contributed by atoms with Crippen molar-refractivity contribution in [1.82, 2.24) is 10.3 Å². The van der Waals surface area contributed by atoms with Crippen LogP contribution in [0.1, 0.15) is 15.4 Å². The van der Waals surface area contributed by atoms with E-state index in [1.165, 1.54) is 0 Å². The van der Waals surface area contributed by atoms with Crippen LogP contribution in [0.15, 0.2) is 47.8 Å². The van der Waals surface area contributed by atoms with Gasteiger partial charge in [-0.25, -0.2) is 4.98 Å². The summed E-state index contributed by atoms with van der Waals surface area (Å²) in [6.45, 7) is 0.527. The zero-order chi connectivity index (χ0) is 14.7. The summed E-state index contributed by atoms with van der Waals surface area (Å²) in [5, 5.41) is 5.81. The fourth-order valence-corrected chi connectivity index (χ4v) is 2.67. The summed E-state index contributed by atoms with van der Waals surface area (Å²) in [4.78, 5) is 17.6. The highest BCUT2D eigenvalue weighted by molar-refractivity contribution is 7.09. The van der Waals surface area contributed by atoms with Gasteiger partial charge < -0.3 is 10.1 Å². The molecule has 0 radical (unpaired) electrons. The van der Waals surface area contributed by atoms with Crippen LogP contribution in [0.2, 0.25) is 0 Å². The SMILES string of the molecule is COc1ccc2nc(C(=O)NCc3cccs3)ccc2c1. The molecule has 0 aliphatic carbocycles. The highest BCUT2D eigenvalue weighted by Crippen LogP contribution is 2.19. The Morgan fingerprint density at radius 1 is 1.29 bits per heavy atom. The van der Waals surface area contributed by atoms with E-state index in [-0.39, 0.29) is 5.91 Å². The minimum Gasteiger partial charge on any atom is -0.497 e. The van der Waals surface area contributed by atoms with Crippen molar-refractivity contribution in [3.05, 3.63) is 58.4 Å². The van der Waals surface area contributed by atoms with E-state index in [0.717, 1.165) is 21.5 Å². The van der Waals surface area contributed by atoms with Gasteiger partial charge in [-0.15, -0.1) is 11.3 Å². The molecule has 0 aliphatic rings. The number of benzene rings is 1. The first-order valence-corrected chi connectivity index (χ1v) is 7.39. The van der Waals surface area contributed by atoms with Crippen LogP contribution >= 0.6 is 11.3 Å². The quantitative estimate of drug-likeness (QED) is 0.804. The van der Waals surface area contributed by atoms with Gasteiger partial charge in [-0.05, 0) is 35.7 Å². The molecule has 1 amide bonds. The average molecular weight is 298 g/mol. The van der Waals surface area contributed by atoms with Gasteiger partial charge in [0, 0.05) is 10.3 Å². The minimum absolute atomic E-state index is 0.166. The molecule has 0 fully saturated rings. The predicted octanol–water partition coefficient (Wildman–Crippen LogP) is 3.23. The number of nitrogens with one attached hydrogen (secondary N) is 1. The molecule has 0 atom stereocenters. The van der Waals surface area contributed by atoms with Crippen LogP contribution in [0.25, 0.3) is 10.9 Å². The molecule has 3 aromatic rings. The van der Waals surface area contributed by atoms with Gasteiger partial charge >= 0.3 is 0 Å². The van der Waals surface area contributed by atoms with Crippen molar-refractivity contribution in [1.29, 1.82) is 0 Å². The molecule has 0 spiro atoms. The lowest BCUT2D eigenvalue weighted by atomic mass is 10.2. The van der Waals surface area contributed by atoms with E-state index < -0.39 is 0 Å². The molecule has 1 N–H and O–H groups in total. The monoisotopic (exact) mass is 298 g/mol. The Hall–Kier alpha value is -2.40. The molecular formula is C16H14N2O2S. The van der Waals surface area contributed by atoms with Gasteiger partial charge in [0.1, 0.15) is 11.4 Å².